The largest absolute Gasteiger partial charge is 0.452 e. The first-order valence-electron chi connectivity index (χ1n) is 8.25. The average molecular weight is 405 g/mol. The maximum atomic E-state index is 12.2. The summed E-state index contributed by atoms with van der Waals surface area (Å²) in [4.78, 5) is 37.4. The lowest BCUT2D eigenvalue weighted by Crippen LogP contribution is -2.34. The molecule has 0 fully saturated rings. The molecule has 0 bridgehead atoms. The van der Waals surface area contributed by atoms with Crippen LogP contribution in [0.25, 0.3) is 0 Å². The quantitative estimate of drug-likeness (QED) is 0.742. The molecule has 0 saturated heterocycles. The molecule has 0 unspecified atom stereocenters. The minimum Gasteiger partial charge on any atom is -0.452 e. The van der Waals surface area contributed by atoms with E-state index < -0.39 is 23.2 Å². The standard InChI is InChI=1S/C19H17ClN2O4S/c1-11(18(24)21-13-8-6-12(20)7-9-13)26-17(23)10-16-19(25)22-14-4-2-3-5-15(14)27-16/h2-9,11,16H,10H2,1H3,(H,21,24)(H,22,25)/t11-,16-/m1/s1. The zero-order valence-corrected chi connectivity index (χ0v) is 16.0. The van der Waals surface area contributed by atoms with Crippen molar-refractivity contribution in [2.75, 3.05) is 10.6 Å². The van der Waals surface area contributed by atoms with E-state index in [1.54, 1.807) is 30.3 Å². The van der Waals surface area contributed by atoms with Gasteiger partial charge in [-0.15, -0.1) is 11.8 Å². The second-order valence-electron chi connectivity index (χ2n) is 5.92. The van der Waals surface area contributed by atoms with Gasteiger partial charge in [0, 0.05) is 15.6 Å². The lowest BCUT2D eigenvalue weighted by Gasteiger charge is -2.23. The summed E-state index contributed by atoms with van der Waals surface area (Å²) in [6.07, 6.45) is -1.11. The normalized spacial score (nSPS) is 16.7. The molecule has 1 aliphatic heterocycles. The zero-order valence-electron chi connectivity index (χ0n) is 14.4. The molecule has 2 aromatic carbocycles. The molecule has 3 rings (SSSR count). The number of para-hydroxylation sites is 1. The maximum absolute atomic E-state index is 12.2. The van der Waals surface area contributed by atoms with Crippen molar-refractivity contribution in [1.29, 1.82) is 0 Å². The Balaban J connectivity index is 1.53. The summed E-state index contributed by atoms with van der Waals surface area (Å²) in [5, 5.41) is 5.37. The summed E-state index contributed by atoms with van der Waals surface area (Å²) in [6.45, 7) is 1.48. The van der Waals surface area contributed by atoms with Gasteiger partial charge in [-0.3, -0.25) is 14.4 Å². The van der Waals surface area contributed by atoms with Gasteiger partial charge in [0.15, 0.2) is 6.10 Å². The van der Waals surface area contributed by atoms with Crippen molar-refractivity contribution in [2.45, 2.75) is 29.6 Å². The number of anilines is 2. The Hall–Kier alpha value is -2.51. The molecule has 2 N–H and O–H groups in total. The Bertz CT molecular complexity index is 872. The second-order valence-corrected chi connectivity index (χ2v) is 7.61. The molecule has 0 spiro atoms. The monoisotopic (exact) mass is 404 g/mol. The summed E-state index contributed by atoms with van der Waals surface area (Å²) >= 11 is 7.11. The predicted molar refractivity (Wildman–Crippen MR) is 105 cm³/mol. The van der Waals surface area contributed by atoms with Gasteiger partial charge in [-0.05, 0) is 43.3 Å². The minimum atomic E-state index is -0.989. The molecule has 2 aromatic rings. The summed E-state index contributed by atoms with van der Waals surface area (Å²) in [6, 6.07) is 14.0. The predicted octanol–water partition coefficient (Wildman–Crippen LogP) is 3.71. The number of thioether (sulfide) groups is 1. The molecule has 0 radical (unpaired) electrons. The first-order chi connectivity index (χ1) is 12.9. The molecule has 27 heavy (non-hydrogen) atoms. The van der Waals surface area contributed by atoms with Crippen molar-refractivity contribution < 1.29 is 19.1 Å². The molecule has 2 amide bonds. The summed E-state index contributed by atoms with van der Waals surface area (Å²) in [5.41, 5.74) is 1.28. The van der Waals surface area contributed by atoms with Gasteiger partial charge in [0.25, 0.3) is 5.91 Å². The number of amides is 2. The van der Waals surface area contributed by atoms with E-state index in [0.717, 1.165) is 10.6 Å². The van der Waals surface area contributed by atoms with Crippen LogP contribution in [0.1, 0.15) is 13.3 Å². The van der Waals surface area contributed by atoms with E-state index in [1.807, 2.05) is 18.2 Å². The van der Waals surface area contributed by atoms with Crippen LogP contribution >= 0.6 is 23.4 Å². The second kappa shape index (κ2) is 8.45. The van der Waals surface area contributed by atoms with Crippen molar-refractivity contribution in [1.82, 2.24) is 0 Å². The third kappa shape index (κ3) is 5.02. The fourth-order valence-electron chi connectivity index (χ4n) is 2.45. The molecule has 0 saturated carbocycles. The van der Waals surface area contributed by atoms with Crippen LogP contribution in [0, 0.1) is 0 Å². The highest BCUT2D eigenvalue weighted by atomic mass is 35.5. The van der Waals surface area contributed by atoms with Gasteiger partial charge < -0.3 is 15.4 Å². The molecular formula is C19H17ClN2O4S. The van der Waals surface area contributed by atoms with E-state index >= 15 is 0 Å². The maximum Gasteiger partial charge on any atom is 0.308 e. The molecule has 1 aliphatic rings. The van der Waals surface area contributed by atoms with Crippen LogP contribution in [0.4, 0.5) is 11.4 Å². The molecule has 0 aromatic heterocycles. The van der Waals surface area contributed by atoms with Gasteiger partial charge in [0.05, 0.1) is 17.4 Å². The van der Waals surface area contributed by atoms with Crippen LogP contribution < -0.4 is 10.6 Å². The van der Waals surface area contributed by atoms with E-state index in [4.69, 9.17) is 16.3 Å². The lowest BCUT2D eigenvalue weighted by atomic mass is 10.2. The highest BCUT2D eigenvalue weighted by molar-refractivity contribution is 8.01. The SMILES string of the molecule is C[C@@H](OC(=O)C[C@H]1Sc2ccccc2NC1=O)C(=O)Nc1ccc(Cl)cc1. The van der Waals surface area contributed by atoms with Crippen LogP contribution in [0.3, 0.4) is 0 Å². The Morgan fingerprint density at radius 2 is 1.93 bits per heavy atom. The van der Waals surface area contributed by atoms with Gasteiger partial charge in [-0.1, -0.05) is 23.7 Å². The summed E-state index contributed by atoms with van der Waals surface area (Å²) in [5.74, 6) is -1.33. The van der Waals surface area contributed by atoms with Crippen LogP contribution in [-0.2, 0) is 19.1 Å². The van der Waals surface area contributed by atoms with E-state index in [2.05, 4.69) is 10.6 Å². The van der Waals surface area contributed by atoms with Gasteiger partial charge in [0.1, 0.15) is 0 Å². The number of hydrogen-bond donors (Lipinski definition) is 2. The molecule has 6 nitrogen and oxygen atoms in total. The van der Waals surface area contributed by atoms with Crippen molar-refractivity contribution >= 4 is 52.5 Å². The topological polar surface area (TPSA) is 84.5 Å². The number of carbonyl (C=O) groups excluding carboxylic acids is 3. The van der Waals surface area contributed by atoms with E-state index in [0.29, 0.717) is 10.7 Å². The van der Waals surface area contributed by atoms with Gasteiger partial charge in [-0.2, -0.15) is 0 Å². The van der Waals surface area contributed by atoms with Crippen molar-refractivity contribution in [3.05, 3.63) is 53.6 Å². The number of ether oxygens (including phenoxy) is 1. The van der Waals surface area contributed by atoms with Gasteiger partial charge >= 0.3 is 5.97 Å². The van der Waals surface area contributed by atoms with Crippen LogP contribution in [0.2, 0.25) is 5.02 Å². The first-order valence-corrected chi connectivity index (χ1v) is 9.50. The third-order valence-corrected chi connectivity index (χ3v) is 5.38. The fraction of sp³-hybridized carbons (Fsp3) is 0.211. The fourth-order valence-corrected chi connectivity index (χ4v) is 3.68. The van der Waals surface area contributed by atoms with Crippen LogP contribution in [-0.4, -0.2) is 29.1 Å². The van der Waals surface area contributed by atoms with Crippen LogP contribution in [0.15, 0.2) is 53.4 Å². The molecule has 0 aliphatic carbocycles. The first kappa shape index (κ1) is 19.3. The zero-order chi connectivity index (χ0) is 19.4. The Morgan fingerprint density at radius 3 is 2.67 bits per heavy atom. The molecule has 8 heteroatoms. The number of fused-ring (bicyclic) bond motifs is 1. The van der Waals surface area contributed by atoms with Crippen molar-refractivity contribution in [3.63, 3.8) is 0 Å². The number of rotatable bonds is 5. The number of carbonyl (C=O) groups is 3. The van der Waals surface area contributed by atoms with E-state index in [-0.39, 0.29) is 12.3 Å². The number of benzene rings is 2. The molecule has 1 heterocycles. The average Bonchev–Trinajstić information content (AvgIpc) is 2.64. The number of esters is 1. The molecular weight excluding hydrogens is 388 g/mol. The lowest BCUT2D eigenvalue weighted by molar-refractivity contribution is -0.153. The highest BCUT2D eigenvalue weighted by Crippen LogP contribution is 2.36. The number of nitrogens with one attached hydrogen (secondary N) is 2. The Kier molecular flexibility index (Phi) is 6.03. The highest BCUT2D eigenvalue weighted by Gasteiger charge is 2.30. The molecule has 2 atom stereocenters. The molecule has 140 valence electrons. The summed E-state index contributed by atoms with van der Waals surface area (Å²) in [7, 11) is 0. The third-order valence-electron chi connectivity index (χ3n) is 3.85. The summed E-state index contributed by atoms with van der Waals surface area (Å²) < 4.78 is 5.18. The van der Waals surface area contributed by atoms with Gasteiger partial charge in [-0.25, -0.2) is 0 Å². The Labute approximate surface area is 165 Å². The van der Waals surface area contributed by atoms with Crippen LogP contribution in [0.5, 0.6) is 0 Å². The van der Waals surface area contributed by atoms with Crippen molar-refractivity contribution in [3.8, 4) is 0 Å². The number of hydrogen-bond acceptors (Lipinski definition) is 5. The minimum absolute atomic E-state index is 0.122. The van der Waals surface area contributed by atoms with E-state index in [9.17, 15) is 14.4 Å². The Morgan fingerprint density at radius 1 is 1.22 bits per heavy atom. The smallest absolute Gasteiger partial charge is 0.308 e. The van der Waals surface area contributed by atoms with E-state index in [1.165, 1.54) is 18.7 Å². The number of halogens is 1. The van der Waals surface area contributed by atoms with Crippen molar-refractivity contribution in [2.24, 2.45) is 0 Å². The van der Waals surface area contributed by atoms with Gasteiger partial charge in [0.2, 0.25) is 5.91 Å².